The molecule has 1 aromatic heterocycles. The van der Waals surface area contributed by atoms with Crippen LogP contribution >= 0.6 is 31.9 Å². The maximum atomic E-state index is 5.84. The Hall–Kier alpha value is -1.14. The molecule has 6 heteroatoms. The summed E-state index contributed by atoms with van der Waals surface area (Å²) in [7, 11) is 1.62. The zero-order valence-electron chi connectivity index (χ0n) is 12.3. The van der Waals surface area contributed by atoms with Gasteiger partial charge < -0.3 is 9.47 Å². The Kier molecular flexibility index (Phi) is 4.88. The van der Waals surface area contributed by atoms with Crippen molar-refractivity contribution in [2.75, 3.05) is 7.11 Å². The Bertz CT molecular complexity index is 655. The van der Waals surface area contributed by atoms with E-state index >= 15 is 0 Å². The Labute approximate surface area is 141 Å². The first-order valence-electron chi connectivity index (χ1n) is 6.36. The molecular weight excluding hydrogens is 400 g/mol. The summed E-state index contributed by atoms with van der Waals surface area (Å²) >= 11 is 6.86. The van der Waals surface area contributed by atoms with Gasteiger partial charge in [-0.2, -0.15) is 4.98 Å². The average molecular weight is 416 g/mol. The lowest BCUT2D eigenvalue weighted by atomic mass is 9.96. The molecule has 0 saturated carbocycles. The van der Waals surface area contributed by atoms with E-state index in [9.17, 15) is 0 Å². The summed E-state index contributed by atoms with van der Waals surface area (Å²) in [5, 5.41) is 0. The molecule has 0 amide bonds. The molecule has 0 unspecified atom stereocenters. The predicted octanol–water partition coefficient (Wildman–Crippen LogP) is 5.10. The van der Waals surface area contributed by atoms with Gasteiger partial charge in [0.2, 0.25) is 5.88 Å². The smallest absolute Gasteiger partial charge is 0.223 e. The van der Waals surface area contributed by atoms with E-state index in [0.717, 1.165) is 16.0 Å². The highest BCUT2D eigenvalue weighted by molar-refractivity contribution is 9.10. The van der Waals surface area contributed by atoms with Gasteiger partial charge in [-0.05, 0) is 50.1 Å². The van der Waals surface area contributed by atoms with Gasteiger partial charge in [-0.15, -0.1) is 0 Å². The van der Waals surface area contributed by atoms with Crippen molar-refractivity contribution in [2.45, 2.75) is 26.2 Å². The molecule has 1 heterocycles. The van der Waals surface area contributed by atoms with E-state index in [1.165, 1.54) is 0 Å². The van der Waals surface area contributed by atoms with E-state index in [4.69, 9.17) is 9.47 Å². The lowest BCUT2D eigenvalue weighted by molar-refractivity contribution is 0.410. The number of rotatable bonds is 3. The first-order chi connectivity index (χ1) is 9.79. The number of hydrogen-bond acceptors (Lipinski definition) is 4. The fourth-order valence-electron chi connectivity index (χ4n) is 1.59. The number of aromatic nitrogens is 2. The van der Waals surface area contributed by atoms with Crippen LogP contribution in [0.25, 0.3) is 0 Å². The van der Waals surface area contributed by atoms with Crippen molar-refractivity contribution in [2.24, 2.45) is 0 Å². The zero-order chi connectivity index (χ0) is 15.6. The van der Waals surface area contributed by atoms with Gasteiger partial charge in [0.15, 0.2) is 0 Å². The lowest BCUT2D eigenvalue weighted by Crippen LogP contribution is -2.16. The number of benzene rings is 1. The molecule has 2 rings (SSSR count). The molecule has 4 nitrogen and oxygen atoms in total. The zero-order valence-corrected chi connectivity index (χ0v) is 15.4. The van der Waals surface area contributed by atoms with E-state index in [1.54, 1.807) is 13.2 Å². The van der Waals surface area contributed by atoms with Gasteiger partial charge in [-0.1, -0.05) is 20.8 Å². The van der Waals surface area contributed by atoms with Crippen LogP contribution in [0.5, 0.6) is 17.4 Å². The minimum absolute atomic E-state index is 0.154. The van der Waals surface area contributed by atoms with Gasteiger partial charge >= 0.3 is 0 Å². The average Bonchev–Trinajstić information content (AvgIpc) is 2.39. The molecule has 1 aromatic carbocycles. The topological polar surface area (TPSA) is 44.2 Å². The lowest BCUT2D eigenvalue weighted by Gasteiger charge is -2.17. The number of ether oxygens (including phenoxy) is 2. The van der Waals surface area contributed by atoms with E-state index in [-0.39, 0.29) is 5.41 Å². The van der Waals surface area contributed by atoms with Gasteiger partial charge in [-0.3, -0.25) is 0 Å². The van der Waals surface area contributed by atoms with Crippen molar-refractivity contribution in [3.8, 4) is 17.4 Å². The van der Waals surface area contributed by atoms with Gasteiger partial charge in [-0.25, -0.2) is 4.98 Å². The number of nitrogens with zero attached hydrogens (tertiary/aromatic N) is 2. The van der Waals surface area contributed by atoms with Crippen molar-refractivity contribution in [1.29, 1.82) is 0 Å². The van der Waals surface area contributed by atoms with Crippen LogP contribution in [0.15, 0.2) is 33.3 Å². The molecule has 0 fully saturated rings. The fourth-order valence-corrected chi connectivity index (χ4v) is 2.39. The monoisotopic (exact) mass is 414 g/mol. The SMILES string of the molecule is COc1ccc(Oc2cc(Br)nc(C(C)(C)C)n2)c(Br)c1. The Morgan fingerprint density at radius 2 is 1.76 bits per heavy atom. The molecule has 21 heavy (non-hydrogen) atoms. The van der Waals surface area contributed by atoms with Crippen LogP contribution < -0.4 is 9.47 Å². The first-order valence-corrected chi connectivity index (χ1v) is 7.94. The third-order valence-electron chi connectivity index (χ3n) is 2.70. The normalized spacial score (nSPS) is 11.3. The third-order valence-corrected chi connectivity index (χ3v) is 3.72. The summed E-state index contributed by atoms with van der Waals surface area (Å²) in [6.45, 7) is 6.17. The van der Waals surface area contributed by atoms with Gasteiger partial charge in [0, 0.05) is 11.5 Å². The summed E-state index contributed by atoms with van der Waals surface area (Å²) in [5.74, 6) is 2.64. The van der Waals surface area contributed by atoms with Gasteiger partial charge in [0.25, 0.3) is 0 Å². The molecule has 0 aliphatic heterocycles. The summed E-state index contributed by atoms with van der Waals surface area (Å²) in [6.07, 6.45) is 0. The molecule has 112 valence electrons. The van der Waals surface area contributed by atoms with Crippen LogP contribution in [0.1, 0.15) is 26.6 Å². The van der Waals surface area contributed by atoms with Crippen LogP contribution in [0, 0.1) is 0 Å². The van der Waals surface area contributed by atoms with E-state index < -0.39 is 0 Å². The van der Waals surface area contributed by atoms with Crippen molar-refractivity contribution in [3.63, 3.8) is 0 Å². The molecular formula is C15H16Br2N2O2. The largest absolute Gasteiger partial charge is 0.497 e. The van der Waals surface area contributed by atoms with Gasteiger partial charge in [0.1, 0.15) is 21.9 Å². The van der Waals surface area contributed by atoms with Crippen LogP contribution in [-0.4, -0.2) is 17.1 Å². The van der Waals surface area contributed by atoms with E-state index in [1.807, 2.05) is 18.2 Å². The van der Waals surface area contributed by atoms with Gasteiger partial charge in [0.05, 0.1) is 11.6 Å². The van der Waals surface area contributed by atoms with Crippen LogP contribution in [-0.2, 0) is 5.41 Å². The second kappa shape index (κ2) is 6.32. The minimum atomic E-state index is -0.154. The highest BCUT2D eigenvalue weighted by atomic mass is 79.9. The summed E-state index contributed by atoms with van der Waals surface area (Å²) in [4.78, 5) is 8.86. The standard InChI is InChI=1S/C15H16Br2N2O2/c1-15(2,3)14-18-12(17)8-13(19-14)21-11-6-5-9(20-4)7-10(11)16/h5-8H,1-4H3. The molecule has 2 aromatic rings. The van der Waals surface area contributed by atoms with Crippen LogP contribution in [0.3, 0.4) is 0 Å². The molecule has 0 atom stereocenters. The first kappa shape index (κ1) is 16.2. The van der Waals surface area contributed by atoms with Crippen molar-refractivity contribution >= 4 is 31.9 Å². The quantitative estimate of drug-likeness (QED) is 0.654. The van der Waals surface area contributed by atoms with E-state index in [2.05, 4.69) is 62.6 Å². The highest BCUT2D eigenvalue weighted by Gasteiger charge is 2.19. The number of methoxy groups -OCH3 is 1. The number of hydrogen-bond donors (Lipinski definition) is 0. The second-order valence-electron chi connectivity index (χ2n) is 5.50. The van der Waals surface area contributed by atoms with Crippen LogP contribution in [0.2, 0.25) is 0 Å². The second-order valence-corrected chi connectivity index (χ2v) is 7.17. The van der Waals surface area contributed by atoms with Crippen molar-refractivity contribution < 1.29 is 9.47 Å². The molecule has 0 saturated heterocycles. The van der Waals surface area contributed by atoms with Crippen molar-refractivity contribution in [3.05, 3.63) is 39.2 Å². The number of halogens is 2. The summed E-state index contributed by atoms with van der Waals surface area (Å²) < 4.78 is 12.5. The van der Waals surface area contributed by atoms with E-state index in [0.29, 0.717) is 16.2 Å². The highest BCUT2D eigenvalue weighted by Crippen LogP contribution is 2.33. The fraction of sp³-hybridized carbons (Fsp3) is 0.333. The molecule has 0 N–H and O–H groups in total. The van der Waals surface area contributed by atoms with Crippen LogP contribution in [0.4, 0.5) is 0 Å². The third kappa shape index (κ3) is 4.17. The maximum Gasteiger partial charge on any atom is 0.223 e. The Balaban J connectivity index is 2.33. The maximum absolute atomic E-state index is 5.84. The molecule has 0 spiro atoms. The minimum Gasteiger partial charge on any atom is -0.497 e. The summed E-state index contributed by atoms with van der Waals surface area (Å²) in [5.41, 5.74) is -0.154. The predicted molar refractivity (Wildman–Crippen MR) is 89.2 cm³/mol. The molecule has 0 bridgehead atoms. The molecule has 0 aliphatic carbocycles. The Morgan fingerprint density at radius 1 is 1.05 bits per heavy atom. The summed E-state index contributed by atoms with van der Waals surface area (Å²) in [6, 6.07) is 7.25. The van der Waals surface area contributed by atoms with Crippen molar-refractivity contribution in [1.82, 2.24) is 9.97 Å². The molecule has 0 radical (unpaired) electrons. The Morgan fingerprint density at radius 3 is 2.33 bits per heavy atom. The molecule has 0 aliphatic rings.